The summed E-state index contributed by atoms with van der Waals surface area (Å²) in [6, 6.07) is 5.10. The van der Waals surface area contributed by atoms with E-state index in [1.165, 1.54) is 6.92 Å². The molecule has 0 bridgehead atoms. The lowest BCUT2D eigenvalue weighted by Crippen LogP contribution is -2.13. The Bertz CT molecular complexity index is 529. The van der Waals surface area contributed by atoms with Crippen molar-refractivity contribution in [2.75, 3.05) is 0 Å². The van der Waals surface area contributed by atoms with Crippen LogP contribution in [0.5, 0.6) is 0 Å². The highest BCUT2D eigenvalue weighted by atomic mass is 32.2. The molecule has 1 atom stereocenters. The number of sulfone groups is 1. The molecule has 1 aromatic carbocycles. The van der Waals surface area contributed by atoms with Crippen LogP contribution >= 0.6 is 0 Å². The average Bonchev–Trinajstić information content (AvgIpc) is 2.38. The van der Waals surface area contributed by atoms with E-state index in [4.69, 9.17) is 0 Å². The van der Waals surface area contributed by atoms with E-state index in [-0.39, 0.29) is 10.7 Å². The van der Waals surface area contributed by atoms with Crippen molar-refractivity contribution in [1.82, 2.24) is 0 Å². The van der Waals surface area contributed by atoms with E-state index in [9.17, 15) is 13.2 Å². The maximum atomic E-state index is 12.0. The molecule has 4 heteroatoms. The van der Waals surface area contributed by atoms with Gasteiger partial charge in [-0.05, 0) is 25.8 Å². The molecule has 0 saturated heterocycles. The van der Waals surface area contributed by atoms with Crippen molar-refractivity contribution in [3.63, 3.8) is 0 Å². The Morgan fingerprint density at radius 3 is 2.67 bits per heavy atom. The minimum atomic E-state index is -3.28. The van der Waals surface area contributed by atoms with Crippen molar-refractivity contribution in [3.05, 3.63) is 29.3 Å². The molecule has 0 amide bonds. The van der Waals surface area contributed by atoms with E-state index in [1.807, 2.05) is 0 Å². The summed E-state index contributed by atoms with van der Waals surface area (Å²) in [5, 5.41) is -0.409. The van der Waals surface area contributed by atoms with Crippen molar-refractivity contribution in [3.8, 4) is 0 Å². The predicted molar refractivity (Wildman–Crippen MR) is 56.8 cm³/mol. The number of carbonyl (C=O) groups excluding carboxylic acids is 1. The van der Waals surface area contributed by atoms with E-state index in [2.05, 4.69) is 0 Å². The lowest BCUT2D eigenvalue weighted by molar-refractivity contribution is 0.101. The van der Waals surface area contributed by atoms with Gasteiger partial charge in [0.15, 0.2) is 15.6 Å². The number of hydrogen-bond acceptors (Lipinski definition) is 3. The molecule has 3 nitrogen and oxygen atoms in total. The van der Waals surface area contributed by atoms with Crippen LogP contribution in [0.1, 0.15) is 29.8 Å². The molecular weight excluding hydrogens is 212 g/mol. The minimum Gasteiger partial charge on any atom is -0.294 e. The molecule has 1 unspecified atom stereocenters. The fraction of sp³-hybridized carbons (Fsp3) is 0.364. The van der Waals surface area contributed by atoms with Crippen molar-refractivity contribution < 1.29 is 13.2 Å². The molecule has 2 rings (SSSR count). The number of Topliss-reactive ketones (excluding diaryl/α,β-unsaturated/α-hetero) is 1. The Morgan fingerprint density at radius 1 is 1.40 bits per heavy atom. The molecule has 1 heterocycles. The second-order valence-electron chi connectivity index (χ2n) is 3.91. The number of rotatable bonds is 1. The number of hydrogen-bond donors (Lipinski definition) is 0. The van der Waals surface area contributed by atoms with Crippen LogP contribution in [0.15, 0.2) is 23.1 Å². The first-order chi connectivity index (χ1) is 6.94. The van der Waals surface area contributed by atoms with E-state index in [1.54, 1.807) is 25.1 Å². The maximum absolute atomic E-state index is 12.0. The topological polar surface area (TPSA) is 51.2 Å². The fourth-order valence-electron chi connectivity index (χ4n) is 1.98. The third-order valence-corrected chi connectivity index (χ3v) is 5.07. The van der Waals surface area contributed by atoms with Gasteiger partial charge in [-0.1, -0.05) is 18.2 Å². The highest BCUT2D eigenvalue weighted by Gasteiger charge is 2.36. The maximum Gasteiger partial charge on any atom is 0.182 e. The van der Waals surface area contributed by atoms with Gasteiger partial charge in [0.2, 0.25) is 0 Å². The Balaban J connectivity index is 2.79. The average molecular weight is 224 g/mol. The summed E-state index contributed by atoms with van der Waals surface area (Å²) in [6.07, 6.45) is 0.513. The first-order valence-electron chi connectivity index (χ1n) is 4.81. The lowest BCUT2D eigenvalue weighted by Gasteiger charge is -2.05. The van der Waals surface area contributed by atoms with Crippen molar-refractivity contribution in [2.45, 2.75) is 30.4 Å². The van der Waals surface area contributed by atoms with Crippen LogP contribution in [-0.4, -0.2) is 19.5 Å². The Kier molecular flexibility index (Phi) is 2.19. The standard InChI is InChI=1S/C11H12O3S/c1-7-6-9-4-3-5-10(8(2)12)11(9)15(7,13)14/h3-5,7H,6H2,1-2H3. The van der Waals surface area contributed by atoms with Gasteiger partial charge in [-0.15, -0.1) is 0 Å². The molecular formula is C11H12O3S. The fourth-order valence-corrected chi connectivity index (χ4v) is 3.82. The van der Waals surface area contributed by atoms with Crippen LogP contribution in [0.25, 0.3) is 0 Å². The van der Waals surface area contributed by atoms with Crippen molar-refractivity contribution in [2.24, 2.45) is 0 Å². The van der Waals surface area contributed by atoms with Gasteiger partial charge in [0, 0.05) is 5.56 Å². The van der Waals surface area contributed by atoms with Gasteiger partial charge in [-0.3, -0.25) is 4.79 Å². The molecule has 0 N–H and O–H groups in total. The van der Waals surface area contributed by atoms with Crippen LogP contribution in [0.3, 0.4) is 0 Å². The van der Waals surface area contributed by atoms with Gasteiger partial charge >= 0.3 is 0 Å². The number of carbonyl (C=O) groups is 1. The van der Waals surface area contributed by atoms with Gasteiger partial charge < -0.3 is 0 Å². The molecule has 1 aromatic rings. The molecule has 80 valence electrons. The summed E-state index contributed by atoms with van der Waals surface area (Å²) >= 11 is 0. The van der Waals surface area contributed by atoms with Crippen molar-refractivity contribution >= 4 is 15.6 Å². The first kappa shape index (κ1) is 10.4. The summed E-state index contributed by atoms with van der Waals surface area (Å²) in [6.45, 7) is 3.08. The van der Waals surface area contributed by atoms with Gasteiger partial charge in [-0.2, -0.15) is 0 Å². The molecule has 0 radical (unpaired) electrons. The second kappa shape index (κ2) is 3.17. The SMILES string of the molecule is CC(=O)c1cccc2c1S(=O)(=O)C(C)C2. The minimum absolute atomic E-state index is 0.190. The summed E-state index contributed by atoms with van der Waals surface area (Å²) < 4.78 is 23.9. The molecule has 1 aliphatic heterocycles. The van der Waals surface area contributed by atoms with Crippen LogP contribution in [0, 0.1) is 0 Å². The third-order valence-electron chi connectivity index (χ3n) is 2.80. The number of ketones is 1. The second-order valence-corrected chi connectivity index (χ2v) is 6.21. The van der Waals surface area contributed by atoms with E-state index in [0.29, 0.717) is 12.0 Å². The van der Waals surface area contributed by atoms with Crippen LogP contribution in [-0.2, 0) is 16.3 Å². The normalized spacial score (nSPS) is 22.4. The zero-order valence-corrected chi connectivity index (χ0v) is 9.47. The summed E-state index contributed by atoms with van der Waals surface area (Å²) in [7, 11) is -3.28. The van der Waals surface area contributed by atoms with Crippen molar-refractivity contribution in [1.29, 1.82) is 0 Å². The van der Waals surface area contributed by atoms with Crippen LogP contribution in [0.4, 0.5) is 0 Å². The molecule has 0 aromatic heterocycles. The van der Waals surface area contributed by atoms with Gasteiger partial charge in [0.25, 0.3) is 0 Å². The number of benzene rings is 1. The smallest absolute Gasteiger partial charge is 0.182 e. The molecule has 1 aliphatic rings. The highest BCUT2D eigenvalue weighted by molar-refractivity contribution is 7.92. The monoisotopic (exact) mass is 224 g/mol. The van der Waals surface area contributed by atoms with E-state index in [0.717, 1.165) is 5.56 Å². The zero-order chi connectivity index (χ0) is 11.2. The lowest BCUT2D eigenvalue weighted by atomic mass is 10.1. The van der Waals surface area contributed by atoms with E-state index >= 15 is 0 Å². The third kappa shape index (κ3) is 1.40. The Hall–Kier alpha value is -1.16. The molecule has 0 saturated carbocycles. The molecule has 15 heavy (non-hydrogen) atoms. The Labute approximate surface area is 89.0 Å². The van der Waals surface area contributed by atoms with Gasteiger partial charge in [0.05, 0.1) is 10.1 Å². The summed E-state index contributed by atoms with van der Waals surface area (Å²) in [4.78, 5) is 11.6. The molecule has 0 spiro atoms. The number of fused-ring (bicyclic) bond motifs is 1. The largest absolute Gasteiger partial charge is 0.294 e. The quantitative estimate of drug-likeness (QED) is 0.681. The highest BCUT2D eigenvalue weighted by Crippen LogP contribution is 2.33. The van der Waals surface area contributed by atoms with E-state index < -0.39 is 15.1 Å². The van der Waals surface area contributed by atoms with Gasteiger partial charge in [0.1, 0.15) is 0 Å². The Morgan fingerprint density at radius 2 is 2.07 bits per heavy atom. The van der Waals surface area contributed by atoms with Gasteiger partial charge in [-0.25, -0.2) is 8.42 Å². The summed E-state index contributed by atoms with van der Waals surface area (Å²) in [5.41, 5.74) is 1.10. The molecule has 0 fully saturated rings. The van der Waals surface area contributed by atoms with Crippen LogP contribution in [0.2, 0.25) is 0 Å². The van der Waals surface area contributed by atoms with Crippen LogP contribution < -0.4 is 0 Å². The predicted octanol–water partition coefficient (Wildman–Crippen LogP) is 1.61. The zero-order valence-electron chi connectivity index (χ0n) is 8.65. The molecule has 0 aliphatic carbocycles. The summed E-state index contributed by atoms with van der Waals surface area (Å²) in [5.74, 6) is -0.190. The first-order valence-corrected chi connectivity index (χ1v) is 6.36.